The van der Waals surface area contributed by atoms with Gasteiger partial charge in [0, 0.05) is 18.0 Å². The average Bonchev–Trinajstić information content (AvgIpc) is 2.95. The molecular formula is C13H20N4S. The Labute approximate surface area is 112 Å². The molecule has 18 heavy (non-hydrogen) atoms. The Kier molecular flexibility index (Phi) is 4.14. The third kappa shape index (κ3) is 2.79. The molecule has 2 heterocycles. The summed E-state index contributed by atoms with van der Waals surface area (Å²) >= 11 is 1.80. The van der Waals surface area contributed by atoms with Gasteiger partial charge in [-0.3, -0.25) is 5.32 Å². The second-order valence-corrected chi connectivity index (χ2v) is 5.90. The normalized spacial score (nSPS) is 14.9. The van der Waals surface area contributed by atoms with Crippen molar-refractivity contribution in [2.24, 2.45) is 13.0 Å². The van der Waals surface area contributed by atoms with Crippen molar-refractivity contribution in [3.8, 4) is 0 Å². The van der Waals surface area contributed by atoms with Gasteiger partial charge in [-0.05, 0) is 24.3 Å². The van der Waals surface area contributed by atoms with Gasteiger partial charge in [0.25, 0.3) is 0 Å². The molecule has 0 radical (unpaired) electrons. The van der Waals surface area contributed by atoms with E-state index < -0.39 is 0 Å². The third-order valence-corrected chi connectivity index (χ3v) is 4.04. The highest BCUT2D eigenvalue weighted by molar-refractivity contribution is 7.10. The number of nitrogens with one attached hydrogen (secondary N) is 1. The molecule has 0 spiro atoms. The van der Waals surface area contributed by atoms with Crippen LogP contribution in [0.3, 0.4) is 0 Å². The van der Waals surface area contributed by atoms with E-state index in [1.807, 2.05) is 11.6 Å². The molecule has 0 amide bonds. The van der Waals surface area contributed by atoms with Crippen LogP contribution in [0.1, 0.15) is 43.6 Å². The zero-order valence-electron chi connectivity index (χ0n) is 11.3. The highest BCUT2D eigenvalue weighted by Gasteiger charge is 2.21. The zero-order chi connectivity index (χ0) is 13.1. The number of aryl methyl sites for hydroxylation is 1. The molecular weight excluding hydrogens is 244 g/mol. The molecule has 0 saturated heterocycles. The maximum Gasteiger partial charge on any atom is 0.149 e. The molecule has 0 saturated carbocycles. The van der Waals surface area contributed by atoms with Gasteiger partial charge in [0.05, 0.1) is 6.04 Å². The van der Waals surface area contributed by atoms with E-state index in [0.29, 0.717) is 12.0 Å². The minimum absolute atomic E-state index is 0.187. The fourth-order valence-corrected chi connectivity index (χ4v) is 3.06. The molecule has 2 aromatic rings. The van der Waals surface area contributed by atoms with Crippen LogP contribution < -0.4 is 5.32 Å². The summed E-state index contributed by atoms with van der Waals surface area (Å²) in [5, 5.41) is 13.9. The molecule has 2 atom stereocenters. The monoisotopic (exact) mass is 264 g/mol. The maximum atomic E-state index is 4.16. The summed E-state index contributed by atoms with van der Waals surface area (Å²) in [7, 11) is 1.98. The van der Waals surface area contributed by atoms with E-state index in [4.69, 9.17) is 0 Å². The van der Waals surface area contributed by atoms with Crippen LogP contribution in [0.25, 0.3) is 0 Å². The largest absolute Gasteiger partial charge is 0.319 e. The van der Waals surface area contributed by atoms with Crippen molar-refractivity contribution in [3.05, 3.63) is 34.5 Å². The minimum Gasteiger partial charge on any atom is -0.319 e. The fraction of sp³-hybridized carbons (Fsp3) is 0.538. The van der Waals surface area contributed by atoms with E-state index in [1.54, 1.807) is 17.7 Å². The Hall–Kier alpha value is -1.20. The number of rotatable bonds is 5. The van der Waals surface area contributed by atoms with Gasteiger partial charge >= 0.3 is 0 Å². The van der Waals surface area contributed by atoms with Crippen molar-refractivity contribution >= 4 is 11.3 Å². The van der Waals surface area contributed by atoms with Gasteiger partial charge in [-0.25, -0.2) is 0 Å². The lowest BCUT2D eigenvalue weighted by Crippen LogP contribution is -2.29. The number of nitrogens with zero attached hydrogens (tertiary/aromatic N) is 3. The Bertz CT molecular complexity index is 475. The first-order chi connectivity index (χ1) is 8.59. The number of thiophene rings is 1. The Morgan fingerprint density at radius 3 is 2.61 bits per heavy atom. The molecule has 0 aliphatic heterocycles. The Balaban J connectivity index is 2.13. The van der Waals surface area contributed by atoms with Crippen LogP contribution in [-0.2, 0) is 7.05 Å². The van der Waals surface area contributed by atoms with Crippen molar-refractivity contribution in [1.29, 1.82) is 0 Å². The molecule has 0 bridgehead atoms. The standard InChI is InChI=1S/C13H20N4S/c1-9(2)12(11-6-5-7-18-11)15-10(3)13-16-14-8-17(13)4/h5-10,12,15H,1-4H3. The lowest BCUT2D eigenvalue weighted by Gasteiger charge is -2.25. The predicted molar refractivity (Wildman–Crippen MR) is 74.5 cm³/mol. The third-order valence-electron chi connectivity index (χ3n) is 3.08. The van der Waals surface area contributed by atoms with Crippen molar-refractivity contribution in [2.75, 3.05) is 0 Å². The lowest BCUT2D eigenvalue weighted by molar-refractivity contribution is 0.367. The van der Waals surface area contributed by atoms with Gasteiger partial charge in [-0.2, -0.15) is 0 Å². The van der Waals surface area contributed by atoms with Crippen LogP contribution in [0.15, 0.2) is 23.8 Å². The summed E-state index contributed by atoms with van der Waals surface area (Å²) < 4.78 is 1.96. The van der Waals surface area contributed by atoms with Crippen LogP contribution in [-0.4, -0.2) is 14.8 Å². The van der Waals surface area contributed by atoms with E-state index >= 15 is 0 Å². The Morgan fingerprint density at radius 2 is 2.11 bits per heavy atom. The molecule has 0 aliphatic carbocycles. The summed E-state index contributed by atoms with van der Waals surface area (Å²) in [6.45, 7) is 6.61. The van der Waals surface area contributed by atoms with Crippen LogP contribution in [0.5, 0.6) is 0 Å². The summed E-state index contributed by atoms with van der Waals surface area (Å²) in [6, 6.07) is 4.83. The molecule has 5 heteroatoms. The number of hydrogen-bond acceptors (Lipinski definition) is 4. The molecule has 0 fully saturated rings. The number of hydrogen-bond donors (Lipinski definition) is 1. The molecule has 2 aromatic heterocycles. The lowest BCUT2D eigenvalue weighted by atomic mass is 10.0. The smallest absolute Gasteiger partial charge is 0.149 e. The van der Waals surface area contributed by atoms with Gasteiger partial charge in [0.1, 0.15) is 12.2 Å². The summed E-state index contributed by atoms with van der Waals surface area (Å²) in [5.41, 5.74) is 0. The molecule has 1 N–H and O–H groups in total. The molecule has 4 nitrogen and oxygen atoms in total. The van der Waals surface area contributed by atoms with Crippen molar-refractivity contribution in [1.82, 2.24) is 20.1 Å². The maximum absolute atomic E-state index is 4.16. The van der Waals surface area contributed by atoms with Gasteiger partial charge in [0.2, 0.25) is 0 Å². The Morgan fingerprint density at radius 1 is 1.33 bits per heavy atom. The van der Waals surface area contributed by atoms with Crippen molar-refractivity contribution in [3.63, 3.8) is 0 Å². The first kappa shape index (κ1) is 13.2. The van der Waals surface area contributed by atoms with E-state index in [0.717, 1.165) is 5.82 Å². The topological polar surface area (TPSA) is 42.7 Å². The number of aromatic nitrogens is 3. The van der Waals surface area contributed by atoms with Gasteiger partial charge < -0.3 is 4.57 Å². The van der Waals surface area contributed by atoms with Crippen LogP contribution >= 0.6 is 11.3 Å². The first-order valence-corrected chi connectivity index (χ1v) is 7.11. The molecule has 2 unspecified atom stereocenters. The van der Waals surface area contributed by atoms with Crippen LogP contribution in [0.2, 0.25) is 0 Å². The van der Waals surface area contributed by atoms with E-state index in [1.165, 1.54) is 4.88 Å². The van der Waals surface area contributed by atoms with E-state index in [9.17, 15) is 0 Å². The van der Waals surface area contributed by atoms with Crippen molar-refractivity contribution < 1.29 is 0 Å². The second-order valence-electron chi connectivity index (χ2n) is 4.93. The second kappa shape index (κ2) is 5.63. The highest BCUT2D eigenvalue weighted by atomic mass is 32.1. The average molecular weight is 264 g/mol. The van der Waals surface area contributed by atoms with Gasteiger partial charge in [-0.15, -0.1) is 21.5 Å². The first-order valence-electron chi connectivity index (χ1n) is 6.23. The minimum atomic E-state index is 0.187. The van der Waals surface area contributed by atoms with Gasteiger partial charge in [-0.1, -0.05) is 19.9 Å². The van der Waals surface area contributed by atoms with Crippen LogP contribution in [0.4, 0.5) is 0 Å². The molecule has 0 aromatic carbocycles. The van der Waals surface area contributed by atoms with E-state index in [2.05, 4.69) is 53.8 Å². The van der Waals surface area contributed by atoms with Crippen molar-refractivity contribution in [2.45, 2.75) is 32.9 Å². The molecule has 2 rings (SSSR count). The summed E-state index contributed by atoms with van der Waals surface area (Å²) in [4.78, 5) is 1.37. The predicted octanol–water partition coefficient (Wildman–Crippen LogP) is 2.92. The van der Waals surface area contributed by atoms with Gasteiger partial charge in [0.15, 0.2) is 0 Å². The molecule has 98 valence electrons. The zero-order valence-corrected chi connectivity index (χ0v) is 12.1. The quantitative estimate of drug-likeness (QED) is 0.903. The summed E-state index contributed by atoms with van der Waals surface area (Å²) in [6.07, 6.45) is 1.74. The highest BCUT2D eigenvalue weighted by Crippen LogP contribution is 2.28. The summed E-state index contributed by atoms with van der Waals surface area (Å²) in [5.74, 6) is 1.51. The van der Waals surface area contributed by atoms with Crippen LogP contribution in [0, 0.1) is 5.92 Å². The van der Waals surface area contributed by atoms with E-state index in [-0.39, 0.29) is 6.04 Å². The molecule has 0 aliphatic rings. The SMILES string of the molecule is CC(NC(c1cccs1)C(C)C)c1nncn1C. The fourth-order valence-electron chi connectivity index (χ4n) is 2.10.